The van der Waals surface area contributed by atoms with Crippen LogP contribution in [-0.4, -0.2) is 22.6 Å². The summed E-state index contributed by atoms with van der Waals surface area (Å²) in [6.45, 7) is 4.10. The van der Waals surface area contributed by atoms with E-state index in [1.807, 2.05) is 13.0 Å². The predicted molar refractivity (Wildman–Crippen MR) is 77.5 cm³/mol. The highest BCUT2D eigenvalue weighted by molar-refractivity contribution is 5.86. The monoisotopic (exact) mass is 288 g/mol. The summed E-state index contributed by atoms with van der Waals surface area (Å²) in [6, 6.07) is 3.53. The Morgan fingerprint density at radius 3 is 2.90 bits per heavy atom. The van der Waals surface area contributed by atoms with E-state index in [-0.39, 0.29) is 11.8 Å². The number of aryl methyl sites for hydroxylation is 2. The number of hydrogen-bond donors (Lipinski definition) is 0. The minimum absolute atomic E-state index is 0.0257. The number of fused-ring (bicyclic) bond motifs is 1. The summed E-state index contributed by atoms with van der Waals surface area (Å²) in [5.74, 6) is 1.55. The summed E-state index contributed by atoms with van der Waals surface area (Å²) in [6.07, 6.45) is 4.54. The Kier molecular flexibility index (Phi) is 3.57. The molecule has 0 aromatic carbocycles. The fraction of sp³-hybridized carbons (Fsp3) is 0.500. The van der Waals surface area contributed by atoms with E-state index >= 15 is 0 Å². The first-order chi connectivity index (χ1) is 10.1. The Hall–Kier alpha value is -2.04. The van der Waals surface area contributed by atoms with Crippen LogP contribution in [0.15, 0.2) is 16.5 Å². The Balaban J connectivity index is 1.95. The third-order valence-corrected chi connectivity index (χ3v) is 4.16. The third kappa shape index (κ3) is 2.37. The third-order valence-electron chi connectivity index (χ3n) is 4.16. The first-order valence-corrected chi connectivity index (χ1v) is 7.36. The summed E-state index contributed by atoms with van der Waals surface area (Å²) in [4.78, 5) is 16.2. The maximum Gasteiger partial charge on any atom is 0.373 e. The SMILES string of the molecule is COC(=O)c1ccc(C(C)n2c(C)nc3c2CCCC3)o1. The number of hydrogen-bond acceptors (Lipinski definition) is 4. The molecule has 112 valence electrons. The highest BCUT2D eigenvalue weighted by atomic mass is 16.5. The van der Waals surface area contributed by atoms with Crippen molar-refractivity contribution in [3.05, 3.63) is 40.9 Å². The van der Waals surface area contributed by atoms with E-state index in [0.717, 1.165) is 24.4 Å². The van der Waals surface area contributed by atoms with Crippen LogP contribution in [0.3, 0.4) is 0 Å². The van der Waals surface area contributed by atoms with Crippen molar-refractivity contribution in [1.29, 1.82) is 0 Å². The summed E-state index contributed by atoms with van der Waals surface area (Å²) in [5, 5.41) is 0. The zero-order valence-electron chi connectivity index (χ0n) is 12.7. The van der Waals surface area contributed by atoms with Gasteiger partial charge in [0.05, 0.1) is 18.8 Å². The molecule has 1 atom stereocenters. The summed E-state index contributed by atoms with van der Waals surface area (Å²) in [7, 11) is 1.35. The van der Waals surface area contributed by atoms with Crippen LogP contribution in [0.4, 0.5) is 0 Å². The van der Waals surface area contributed by atoms with Crippen molar-refractivity contribution in [3.8, 4) is 0 Å². The van der Waals surface area contributed by atoms with Gasteiger partial charge in [-0.05, 0) is 51.7 Å². The molecule has 2 aromatic heterocycles. The second-order valence-corrected chi connectivity index (χ2v) is 5.50. The van der Waals surface area contributed by atoms with Crippen LogP contribution in [0, 0.1) is 6.92 Å². The molecular weight excluding hydrogens is 268 g/mol. The molecule has 1 aliphatic rings. The van der Waals surface area contributed by atoms with Crippen molar-refractivity contribution in [2.24, 2.45) is 0 Å². The molecule has 0 saturated carbocycles. The van der Waals surface area contributed by atoms with Crippen LogP contribution in [0.5, 0.6) is 0 Å². The summed E-state index contributed by atoms with van der Waals surface area (Å²) in [5.41, 5.74) is 2.52. The Bertz CT molecular complexity index is 669. The maximum atomic E-state index is 11.5. The normalized spacial score (nSPS) is 15.6. The molecule has 2 aromatic rings. The number of carbonyl (C=O) groups is 1. The van der Waals surface area contributed by atoms with E-state index in [9.17, 15) is 4.79 Å². The molecular formula is C16H20N2O3. The van der Waals surface area contributed by atoms with Gasteiger partial charge in [-0.3, -0.25) is 0 Å². The first kappa shape index (κ1) is 13.9. The van der Waals surface area contributed by atoms with Gasteiger partial charge in [0.1, 0.15) is 11.6 Å². The topological polar surface area (TPSA) is 57.3 Å². The van der Waals surface area contributed by atoms with Crippen LogP contribution in [0.1, 0.15) is 59.3 Å². The number of aromatic nitrogens is 2. The Morgan fingerprint density at radius 1 is 1.38 bits per heavy atom. The summed E-state index contributed by atoms with van der Waals surface area (Å²) < 4.78 is 12.6. The van der Waals surface area contributed by atoms with Gasteiger partial charge >= 0.3 is 5.97 Å². The van der Waals surface area contributed by atoms with Gasteiger partial charge < -0.3 is 13.7 Å². The average Bonchev–Trinajstić information content (AvgIpc) is 3.09. The highest BCUT2D eigenvalue weighted by Crippen LogP contribution is 2.29. The minimum Gasteiger partial charge on any atom is -0.463 e. The molecule has 1 unspecified atom stereocenters. The number of esters is 1. The van der Waals surface area contributed by atoms with E-state index in [2.05, 4.69) is 21.2 Å². The van der Waals surface area contributed by atoms with Crippen LogP contribution < -0.4 is 0 Å². The zero-order chi connectivity index (χ0) is 15.0. The van der Waals surface area contributed by atoms with Gasteiger partial charge in [-0.2, -0.15) is 0 Å². The fourth-order valence-corrected chi connectivity index (χ4v) is 3.13. The zero-order valence-corrected chi connectivity index (χ0v) is 12.7. The van der Waals surface area contributed by atoms with Crippen LogP contribution in [-0.2, 0) is 17.6 Å². The van der Waals surface area contributed by atoms with Crippen LogP contribution in [0.25, 0.3) is 0 Å². The van der Waals surface area contributed by atoms with Crippen molar-refractivity contribution in [1.82, 2.24) is 9.55 Å². The Morgan fingerprint density at radius 2 is 2.14 bits per heavy atom. The molecule has 0 radical (unpaired) electrons. The molecule has 21 heavy (non-hydrogen) atoms. The van der Waals surface area contributed by atoms with E-state index in [0.29, 0.717) is 0 Å². The smallest absolute Gasteiger partial charge is 0.373 e. The maximum absolute atomic E-state index is 11.5. The number of carbonyl (C=O) groups excluding carboxylic acids is 1. The van der Waals surface area contributed by atoms with Gasteiger partial charge in [0, 0.05) is 5.69 Å². The molecule has 0 amide bonds. The molecule has 0 aliphatic heterocycles. The lowest BCUT2D eigenvalue weighted by molar-refractivity contribution is 0.0562. The number of imidazole rings is 1. The molecule has 3 rings (SSSR count). The van der Waals surface area contributed by atoms with Crippen molar-refractivity contribution < 1.29 is 13.9 Å². The molecule has 5 heteroatoms. The lowest BCUT2D eigenvalue weighted by Gasteiger charge is -2.19. The quantitative estimate of drug-likeness (QED) is 0.814. The van der Waals surface area contributed by atoms with Crippen molar-refractivity contribution in [3.63, 3.8) is 0 Å². The number of rotatable bonds is 3. The van der Waals surface area contributed by atoms with Gasteiger partial charge in [0.15, 0.2) is 0 Å². The summed E-state index contributed by atoms with van der Waals surface area (Å²) >= 11 is 0. The minimum atomic E-state index is -0.446. The Labute approximate surface area is 123 Å². The molecule has 0 bridgehead atoms. The molecule has 5 nitrogen and oxygen atoms in total. The largest absolute Gasteiger partial charge is 0.463 e. The van der Waals surface area contributed by atoms with Crippen molar-refractivity contribution in [2.75, 3.05) is 7.11 Å². The number of furan rings is 1. The van der Waals surface area contributed by atoms with Gasteiger partial charge in [-0.25, -0.2) is 9.78 Å². The van der Waals surface area contributed by atoms with Crippen molar-refractivity contribution >= 4 is 5.97 Å². The molecule has 2 heterocycles. The molecule has 0 spiro atoms. The molecule has 1 aliphatic carbocycles. The number of methoxy groups -OCH3 is 1. The lowest BCUT2D eigenvalue weighted by atomic mass is 10.0. The van der Waals surface area contributed by atoms with Gasteiger partial charge in [-0.15, -0.1) is 0 Å². The predicted octanol–water partition coefficient (Wildman–Crippen LogP) is 3.06. The molecule has 0 saturated heterocycles. The number of nitrogens with zero attached hydrogens (tertiary/aromatic N) is 2. The van der Waals surface area contributed by atoms with Crippen molar-refractivity contribution in [2.45, 2.75) is 45.6 Å². The van der Waals surface area contributed by atoms with E-state index in [1.165, 1.54) is 31.3 Å². The standard InChI is InChI=1S/C16H20N2O3/c1-10(14-8-9-15(21-14)16(19)20-3)18-11(2)17-12-6-4-5-7-13(12)18/h8-10H,4-7H2,1-3H3. The van der Waals surface area contributed by atoms with Gasteiger partial charge in [-0.1, -0.05) is 0 Å². The lowest BCUT2D eigenvalue weighted by Crippen LogP contribution is -2.14. The van der Waals surface area contributed by atoms with Gasteiger partial charge in [0.2, 0.25) is 5.76 Å². The number of ether oxygens (including phenoxy) is 1. The first-order valence-electron chi connectivity index (χ1n) is 7.36. The second-order valence-electron chi connectivity index (χ2n) is 5.50. The van der Waals surface area contributed by atoms with Gasteiger partial charge in [0.25, 0.3) is 0 Å². The molecule has 0 N–H and O–H groups in total. The van der Waals surface area contributed by atoms with E-state index in [4.69, 9.17) is 4.42 Å². The van der Waals surface area contributed by atoms with Crippen LogP contribution in [0.2, 0.25) is 0 Å². The van der Waals surface area contributed by atoms with Crippen LogP contribution >= 0.6 is 0 Å². The fourth-order valence-electron chi connectivity index (χ4n) is 3.13. The highest BCUT2D eigenvalue weighted by Gasteiger charge is 2.24. The van der Waals surface area contributed by atoms with E-state index in [1.54, 1.807) is 6.07 Å². The molecule has 0 fully saturated rings. The second kappa shape index (κ2) is 5.39. The average molecular weight is 288 g/mol. The van der Waals surface area contributed by atoms with E-state index < -0.39 is 5.97 Å².